The molecule has 0 aliphatic heterocycles. The van der Waals surface area contributed by atoms with Gasteiger partial charge in [0.15, 0.2) is 0 Å². The molecule has 1 heterocycles. The lowest BCUT2D eigenvalue weighted by Crippen LogP contribution is -2.18. The molecular weight excluding hydrogens is 322 g/mol. The van der Waals surface area contributed by atoms with Crippen molar-refractivity contribution >= 4 is 33.4 Å². The van der Waals surface area contributed by atoms with Crippen molar-refractivity contribution < 1.29 is 9.90 Å². The van der Waals surface area contributed by atoms with E-state index >= 15 is 0 Å². The van der Waals surface area contributed by atoms with Gasteiger partial charge in [-0.15, -0.1) is 0 Å². The van der Waals surface area contributed by atoms with Crippen LogP contribution in [0.2, 0.25) is 0 Å². The molecule has 2 aromatic rings. The van der Waals surface area contributed by atoms with E-state index in [2.05, 4.69) is 20.9 Å². The Morgan fingerprint density at radius 2 is 2.20 bits per heavy atom. The van der Waals surface area contributed by atoms with Gasteiger partial charge < -0.3 is 15.7 Å². The van der Waals surface area contributed by atoms with Crippen LogP contribution in [0.5, 0.6) is 0 Å². The Labute approximate surface area is 125 Å². The van der Waals surface area contributed by atoms with Crippen LogP contribution < -0.4 is 10.6 Å². The molecule has 0 saturated carbocycles. The molecule has 1 aromatic heterocycles. The fourth-order valence-corrected chi connectivity index (χ4v) is 2.29. The number of rotatable bonds is 4. The van der Waals surface area contributed by atoms with Crippen LogP contribution in [0.25, 0.3) is 0 Å². The van der Waals surface area contributed by atoms with Gasteiger partial charge in [0.05, 0.1) is 17.4 Å². The standard InChI is InChI=1S/C14H14BrN3O2/c1-18(8-9-3-2-4-10(15)5-9)13-6-11(14(19)20)12(16)7-17-13/h2-7H,8,16H2,1H3,(H,19,20). The lowest BCUT2D eigenvalue weighted by Gasteiger charge is -2.19. The SMILES string of the molecule is CN(Cc1cccc(Br)c1)c1cc(C(=O)O)c(N)cn1. The van der Waals surface area contributed by atoms with Crippen molar-refractivity contribution in [3.63, 3.8) is 0 Å². The minimum atomic E-state index is -1.05. The number of carbonyl (C=O) groups is 1. The molecule has 3 N–H and O–H groups in total. The van der Waals surface area contributed by atoms with E-state index in [4.69, 9.17) is 10.8 Å². The smallest absolute Gasteiger partial charge is 0.337 e. The van der Waals surface area contributed by atoms with E-state index in [0.717, 1.165) is 10.0 Å². The maximum absolute atomic E-state index is 11.1. The molecule has 0 saturated heterocycles. The molecule has 0 radical (unpaired) electrons. The van der Waals surface area contributed by atoms with Crippen LogP contribution in [0, 0.1) is 0 Å². The lowest BCUT2D eigenvalue weighted by atomic mass is 10.2. The summed E-state index contributed by atoms with van der Waals surface area (Å²) in [5, 5.41) is 9.07. The van der Waals surface area contributed by atoms with E-state index in [1.807, 2.05) is 36.2 Å². The summed E-state index contributed by atoms with van der Waals surface area (Å²) in [6.07, 6.45) is 1.37. The highest BCUT2D eigenvalue weighted by Gasteiger charge is 2.12. The largest absolute Gasteiger partial charge is 0.478 e. The Kier molecular flexibility index (Phi) is 4.24. The Morgan fingerprint density at radius 3 is 2.85 bits per heavy atom. The number of halogens is 1. The van der Waals surface area contributed by atoms with Crippen LogP contribution in [-0.4, -0.2) is 23.1 Å². The molecule has 0 atom stereocenters. The molecule has 6 heteroatoms. The molecule has 0 unspecified atom stereocenters. The molecule has 5 nitrogen and oxygen atoms in total. The van der Waals surface area contributed by atoms with Crippen molar-refractivity contribution in [2.45, 2.75) is 6.54 Å². The van der Waals surface area contributed by atoms with E-state index in [1.165, 1.54) is 12.3 Å². The maximum atomic E-state index is 11.1. The molecule has 0 amide bonds. The number of nitrogens with two attached hydrogens (primary N) is 1. The average molecular weight is 336 g/mol. The molecule has 0 aliphatic rings. The first kappa shape index (κ1) is 14.3. The number of hydrogen-bond acceptors (Lipinski definition) is 4. The number of carboxylic acids is 1. The minimum Gasteiger partial charge on any atom is -0.478 e. The summed E-state index contributed by atoms with van der Waals surface area (Å²) >= 11 is 3.42. The first-order chi connectivity index (χ1) is 9.47. The zero-order chi connectivity index (χ0) is 14.7. The average Bonchev–Trinajstić information content (AvgIpc) is 2.38. The normalized spacial score (nSPS) is 10.3. The van der Waals surface area contributed by atoms with Crippen LogP contribution in [0.15, 0.2) is 41.0 Å². The summed E-state index contributed by atoms with van der Waals surface area (Å²) < 4.78 is 1.000. The van der Waals surface area contributed by atoms with E-state index in [9.17, 15) is 4.79 Å². The van der Waals surface area contributed by atoms with E-state index < -0.39 is 5.97 Å². The summed E-state index contributed by atoms with van der Waals surface area (Å²) in [6, 6.07) is 9.39. The second-order valence-electron chi connectivity index (χ2n) is 4.42. The first-order valence-electron chi connectivity index (χ1n) is 5.92. The first-order valence-corrected chi connectivity index (χ1v) is 6.71. The maximum Gasteiger partial charge on any atom is 0.337 e. The van der Waals surface area contributed by atoms with Crippen LogP contribution in [0.3, 0.4) is 0 Å². The van der Waals surface area contributed by atoms with Gasteiger partial charge in [-0.05, 0) is 23.8 Å². The molecule has 0 spiro atoms. The van der Waals surface area contributed by atoms with Crippen molar-refractivity contribution in [3.8, 4) is 0 Å². The topological polar surface area (TPSA) is 79.5 Å². The lowest BCUT2D eigenvalue weighted by molar-refractivity contribution is 0.0698. The number of benzene rings is 1. The van der Waals surface area contributed by atoms with Crippen LogP contribution in [-0.2, 0) is 6.54 Å². The highest BCUT2D eigenvalue weighted by molar-refractivity contribution is 9.10. The van der Waals surface area contributed by atoms with Gasteiger partial charge in [0, 0.05) is 18.1 Å². The Balaban J connectivity index is 2.23. The Hall–Kier alpha value is -2.08. The summed E-state index contributed by atoms with van der Waals surface area (Å²) in [5.41, 5.74) is 6.92. The third kappa shape index (κ3) is 3.27. The van der Waals surface area contributed by atoms with Gasteiger partial charge >= 0.3 is 5.97 Å². The number of pyridine rings is 1. The Morgan fingerprint density at radius 1 is 1.45 bits per heavy atom. The Bertz CT molecular complexity index is 646. The second-order valence-corrected chi connectivity index (χ2v) is 5.34. The number of nitrogens with zero attached hydrogens (tertiary/aromatic N) is 2. The molecule has 0 fully saturated rings. The summed E-state index contributed by atoms with van der Waals surface area (Å²) in [7, 11) is 1.85. The third-order valence-electron chi connectivity index (χ3n) is 2.85. The van der Waals surface area contributed by atoms with Crippen molar-refractivity contribution in [1.29, 1.82) is 0 Å². The van der Waals surface area contributed by atoms with Crippen LogP contribution in [0.4, 0.5) is 11.5 Å². The third-order valence-corrected chi connectivity index (χ3v) is 3.34. The predicted octanol–water partition coefficient (Wildman–Crippen LogP) is 2.76. The van der Waals surface area contributed by atoms with Gasteiger partial charge in [-0.3, -0.25) is 0 Å². The van der Waals surface area contributed by atoms with Gasteiger partial charge in [-0.2, -0.15) is 0 Å². The van der Waals surface area contributed by atoms with Crippen molar-refractivity contribution in [3.05, 3.63) is 52.1 Å². The van der Waals surface area contributed by atoms with Gasteiger partial charge in [0.1, 0.15) is 5.82 Å². The monoisotopic (exact) mass is 335 g/mol. The van der Waals surface area contributed by atoms with Crippen molar-refractivity contribution in [2.24, 2.45) is 0 Å². The van der Waals surface area contributed by atoms with Gasteiger partial charge in [0.25, 0.3) is 0 Å². The molecule has 0 aliphatic carbocycles. The second kappa shape index (κ2) is 5.92. The fourth-order valence-electron chi connectivity index (χ4n) is 1.84. The zero-order valence-corrected chi connectivity index (χ0v) is 12.5. The van der Waals surface area contributed by atoms with Gasteiger partial charge in [0.2, 0.25) is 0 Å². The van der Waals surface area contributed by atoms with Crippen LogP contribution in [0.1, 0.15) is 15.9 Å². The van der Waals surface area contributed by atoms with Crippen molar-refractivity contribution in [2.75, 3.05) is 17.7 Å². The molecule has 0 bridgehead atoms. The molecule has 2 rings (SSSR count). The van der Waals surface area contributed by atoms with E-state index in [1.54, 1.807) is 0 Å². The quantitative estimate of drug-likeness (QED) is 0.897. The minimum absolute atomic E-state index is 0.0658. The number of aromatic carboxylic acids is 1. The molecular formula is C14H14BrN3O2. The van der Waals surface area contributed by atoms with Gasteiger partial charge in [-0.25, -0.2) is 9.78 Å². The van der Waals surface area contributed by atoms with Gasteiger partial charge in [-0.1, -0.05) is 28.1 Å². The van der Waals surface area contributed by atoms with Crippen LogP contribution >= 0.6 is 15.9 Å². The number of hydrogen-bond donors (Lipinski definition) is 2. The molecule has 20 heavy (non-hydrogen) atoms. The number of nitrogen functional groups attached to an aromatic ring is 1. The van der Waals surface area contributed by atoms with E-state index in [-0.39, 0.29) is 11.3 Å². The zero-order valence-electron chi connectivity index (χ0n) is 10.9. The summed E-state index contributed by atoms with van der Waals surface area (Å²) in [5.74, 6) is -0.487. The highest BCUT2D eigenvalue weighted by Crippen LogP contribution is 2.20. The predicted molar refractivity (Wildman–Crippen MR) is 81.9 cm³/mol. The fraction of sp³-hybridized carbons (Fsp3) is 0.143. The number of aromatic nitrogens is 1. The highest BCUT2D eigenvalue weighted by atomic mass is 79.9. The number of anilines is 2. The van der Waals surface area contributed by atoms with Crippen molar-refractivity contribution in [1.82, 2.24) is 4.98 Å². The number of carboxylic acid groups (broad SMARTS) is 1. The molecule has 104 valence electrons. The van der Waals surface area contributed by atoms with E-state index in [0.29, 0.717) is 12.4 Å². The molecule has 1 aromatic carbocycles. The summed E-state index contributed by atoms with van der Waals surface area (Å²) in [4.78, 5) is 17.1. The summed E-state index contributed by atoms with van der Waals surface area (Å²) in [6.45, 7) is 0.620.